The highest BCUT2D eigenvalue weighted by molar-refractivity contribution is 5.95. The quantitative estimate of drug-likeness (QED) is 0.625. The molecule has 2 N–H and O–H groups in total. The minimum Gasteiger partial charge on any atom is -0.491 e. The van der Waals surface area contributed by atoms with Crippen LogP contribution >= 0.6 is 0 Å². The summed E-state index contributed by atoms with van der Waals surface area (Å²) in [6, 6.07) is 21.2. The van der Waals surface area contributed by atoms with Crippen LogP contribution in [0.25, 0.3) is 0 Å². The first-order valence-corrected chi connectivity index (χ1v) is 11.6. The summed E-state index contributed by atoms with van der Waals surface area (Å²) < 4.78 is 11.5. The fourth-order valence-electron chi connectivity index (χ4n) is 4.00. The molecule has 3 aromatic carbocycles. The summed E-state index contributed by atoms with van der Waals surface area (Å²) in [6.07, 6.45) is 1.32. The zero-order valence-electron chi connectivity index (χ0n) is 19.4. The van der Waals surface area contributed by atoms with Gasteiger partial charge in [0.1, 0.15) is 12.4 Å². The lowest BCUT2D eigenvalue weighted by molar-refractivity contribution is 0.0865. The Kier molecular flexibility index (Phi) is 7.94. The first-order chi connectivity index (χ1) is 16.6. The molecule has 6 heteroatoms. The van der Waals surface area contributed by atoms with Crippen LogP contribution in [0.5, 0.6) is 5.75 Å². The number of fused-ring (bicyclic) bond motifs is 3. The molecule has 0 radical (unpaired) electrons. The number of carbonyl (C=O) groups excluding carboxylic acids is 2. The zero-order valence-corrected chi connectivity index (χ0v) is 19.4. The molecule has 2 bridgehead atoms. The van der Waals surface area contributed by atoms with Crippen LogP contribution in [0.1, 0.15) is 43.0 Å². The van der Waals surface area contributed by atoms with Crippen molar-refractivity contribution in [2.75, 3.05) is 32.9 Å². The molecule has 0 unspecified atom stereocenters. The summed E-state index contributed by atoms with van der Waals surface area (Å²) in [7, 11) is 0. The van der Waals surface area contributed by atoms with Crippen LogP contribution in [-0.4, -0.2) is 44.7 Å². The second-order valence-corrected chi connectivity index (χ2v) is 8.35. The number of ether oxygens (including phenoxy) is 2. The molecule has 34 heavy (non-hydrogen) atoms. The fraction of sp³-hybridized carbons (Fsp3) is 0.286. The van der Waals surface area contributed by atoms with E-state index in [9.17, 15) is 9.59 Å². The summed E-state index contributed by atoms with van der Waals surface area (Å²) in [5.41, 5.74) is 5.50. The van der Waals surface area contributed by atoms with Crippen molar-refractivity contribution in [3.05, 3.63) is 100 Å². The van der Waals surface area contributed by atoms with Crippen LogP contribution in [0.3, 0.4) is 0 Å². The molecule has 0 spiro atoms. The van der Waals surface area contributed by atoms with E-state index in [1.807, 2.05) is 42.5 Å². The summed E-state index contributed by atoms with van der Waals surface area (Å²) in [6.45, 7) is 4.32. The third-order valence-corrected chi connectivity index (χ3v) is 5.86. The Balaban J connectivity index is 1.51. The molecule has 0 aromatic heterocycles. The molecular formula is C28H30N2O4. The van der Waals surface area contributed by atoms with Crippen molar-refractivity contribution in [2.45, 2.75) is 19.8 Å². The molecule has 2 amide bonds. The molecular weight excluding hydrogens is 428 g/mol. The van der Waals surface area contributed by atoms with E-state index in [4.69, 9.17) is 9.47 Å². The van der Waals surface area contributed by atoms with Gasteiger partial charge < -0.3 is 20.1 Å². The summed E-state index contributed by atoms with van der Waals surface area (Å²) in [5.74, 6) is 0.472. The van der Waals surface area contributed by atoms with E-state index in [2.05, 4.69) is 29.7 Å². The van der Waals surface area contributed by atoms with Crippen molar-refractivity contribution < 1.29 is 19.1 Å². The Labute approximate surface area is 200 Å². The van der Waals surface area contributed by atoms with Crippen LogP contribution in [0.2, 0.25) is 0 Å². The number of hydrogen-bond donors (Lipinski definition) is 2. The van der Waals surface area contributed by atoms with Gasteiger partial charge in [-0.05, 0) is 65.9 Å². The topological polar surface area (TPSA) is 76.7 Å². The average molecular weight is 459 g/mol. The van der Waals surface area contributed by atoms with Crippen LogP contribution < -0.4 is 15.4 Å². The Morgan fingerprint density at radius 2 is 1.88 bits per heavy atom. The Bertz CT molecular complexity index is 1160. The lowest BCUT2D eigenvalue weighted by Gasteiger charge is -2.15. The van der Waals surface area contributed by atoms with Gasteiger partial charge >= 0.3 is 0 Å². The Morgan fingerprint density at radius 3 is 2.76 bits per heavy atom. The lowest BCUT2D eigenvalue weighted by Crippen LogP contribution is -2.28. The Morgan fingerprint density at radius 1 is 1.00 bits per heavy atom. The summed E-state index contributed by atoms with van der Waals surface area (Å²) >= 11 is 0. The van der Waals surface area contributed by atoms with E-state index in [0.29, 0.717) is 56.2 Å². The second kappa shape index (κ2) is 11.5. The zero-order chi connectivity index (χ0) is 23.8. The molecule has 0 aliphatic carbocycles. The van der Waals surface area contributed by atoms with E-state index in [0.717, 1.165) is 17.5 Å². The van der Waals surface area contributed by atoms with Crippen molar-refractivity contribution in [3.8, 4) is 5.75 Å². The van der Waals surface area contributed by atoms with Gasteiger partial charge in [0, 0.05) is 30.6 Å². The largest absolute Gasteiger partial charge is 0.491 e. The molecule has 4 rings (SSSR count). The van der Waals surface area contributed by atoms with Crippen molar-refractivity contribution in [1.29, 1.82) is 0 Å². The van der Waals surface area contributed by atoms with Gasteiger partial charge in [-0.2, -0.15) is 0 Å². The third-order valence-electron chi connectivity index (χ3n) is 5.86. The predicted octanol–water partition coefficient (Wildman–Crippen LogP) is 3.70. The SMILES string of the molecule is Cc1ccccc1CCNC(=O)c1ccc2c(c1)Cc1cccc(c1)C(=O)NCCOCCO2. The fourth-order valence-corrected chi connectivity index (χ4v) is 4.00. The van der Waals surface area contributed by atoms with Crippen molar-refractivity contribution in [2.24, 2.45) is 0 Å². The number of nitrogens with one attached hydrogen (secondary N) is 2. The van der Waals surface area contributed by atoms with E-state index < -0.39 is 0 Å². The van der Waals surface area contributed by atoms with E-state index in [1.54, 1.807) is 12.1 Å². The van der Waals surface area contributed by atoms with Gasteiger partial charge in [0.15, 0.2) is 0 Å². The standard InChI is InChI=1S/C28H30N2O4/c1-20-5-2-3-7-22(20)11-12-29-28(32)24-9-10-26-25(19-24)18-21-6-4-8-23(17-21)27(31)30-13-14-33-15-16-34-26/h2-10,17,19H,11-16,18H2,1H3,(H,29,32)(H,30,31). The van der Waals surface area contributed by atoms with Gasteiger partial charge in [0.2, 0.25) is 0 Å². The maximum Gasteiger partial charge on any atom is 0.251 e. The van der Waals surface area contributed by atoms with Gasteiger partial charge in [-0.25, -0.2) is 0 Å². The minimum atomic E-state index is -0.124. The smallest absolute Gasteiger partial charge is 0.251 e. The van der Waals surface area contributed by atoms with E-state index in [1.165, 1.54) is 11.1 Å². The van der Waals surface area contributed by atoms with Crippen LogP contribution in [-0.2, 0) is 17.6 Å². The monoisotopic (exact) mass is 458 g/mol. The summed E-state index contributed by atoms with van der Waals surface area (Å²) in [5, 5.41) is 5.89. The number of benzene rings is 3. The normalized spacial score (nSPS) is 14.2. The lowest BCUT2D eigenvalue weighted by atomic mass is 9.99. The number of hydrogen-bond acceptors (Lipinski definition) is 4. The van der Waals surface area contributed by atoms with Crippen molar-refractivity contribution in [1.82, 2.24) is 10.6 Å². The molecule has 1 heterocycles. The highest BCUT2D eigenvalue weighted by Gasteiger charge is 2.13. The molecule has 0 saturated heterocycles. The molecule has 0 fully saturated rings. The highest BCUT2D eigenvalue weighted by atomic mass is 16.5. The summed E-state index contributed by atoms with van der Waals surface area (Å²) in [4.78, 5) is 25.3. The number of rotatable bonds is 4. The number of aryl methyl sites for hydroxylation is 1. The molecule has 6 nitrogen and oxygen atoms in total. The second-order valence-electron chi connectivity index (χ2n) is 8.35. The Hall–Kier alpha value is -3.64. The van der Waals surface area contributed by atoms with Gasteiger partial charge in [-0.3, -0.25) is 9.59 Å². The van der Waals surface area contributed by atoms with Gasteiger partial charge in [-0.15, -0.1) is 0 Å². The maximum atomic E-state index is 12.9. The van der Waals surface area contributed by atoms with Crippen molar-refractivity contribution in [3.63, 3.8) is 0 Å². The first-order valence-electron chi connectivity index (χ1n) is 11.6. The number of carbonyl (C=O) groups is 2. The highest BCUT2D eigenvalue weighted by Crippen LogP contribution is 2.24. The minimum absolute atomic E-state index is 0.118. The van der Waals surface area contributed by atoms with Crippen LogP contribution in [0, 0.1) is 6.92 Å². The molecule has 1 aliphatic rings. The molecule has 3 aromatic rings. The van der Waals surface area contributed by atoms with E-state index >= 15 is 0 Å². The molecule has 0 atom stereocenters. The van der Waals surface area contributed by atoms with Gasteiger partial charge in [0.05, 0.1) is 13.2 Å². The van der Waals surface area contributed by atoms with Crippen molar-refractivity contribution >= 4 is 11.8 Å². The molecule has 0 saturated carbocycles. The van der Waals surface area contributed by atoms with E-state index in [-0.39, 0.29) is 11.8 Å². The predicted molar refractivity (Wildman–Crippen MR) is 132 cm³/mol. The first kappa shape index (κ1) is 23.5. The van der Waals surface area contributed by atoms with Crippen LogP contribution in [0.4, 0.5) is 0 Å². The molecule has 176 valence electrons. The van der Waals surface area contributed by atoms with Gasteiger partial charge in [-0.1, -0.05) is 36.4 Å². The maximum absolute atomic E-state index is 12.9. The third kappa shape index (κ3) is 6.23. The van der Waals surface area contributed by atoms with Gasteiger partial charge in [0.25, 0.3) is 11.8 Å². The average Bonchev–Trinajstić information content (AvgIpc) is 2.85. The molecule has 1 aliphatic heterocycles. The number of amides is 2. The van der Waals surface area contributed by atoms with Crippen LogP contribution in [0.15, 0.2) is 66.7 Å².